The monoisotopic (exact) mass is 219 g/mol. The summed E-state index contributed by atoms with van der Waals surface area (Å²) in [5.74, 6) is 0.886. The Morgan fingerprint density at radius 2 is 2.00 bits per heavy atom. The first-order valence-electron chi connectivity index (χ1n) is 4.36. The maximum Gasteiger partial charge on any atom is 0.405 e. The van der Waals surface area contributed by atoms with Crippen molar-refractivity contribution in [2.24, 2.45) is 5.73 Å². The summed E-state index contributed by atoms with van der Waals surface area (Å²) in [6.07, 6.45) is 1.83. The Morgan fingerprint density at radius 1 is 1.43 bits per heavy atom. The van der Waals surface area contributed by atoms with Crippen LogP contribution < -0.4 is 5.73 Å². The van der Waals surface area contributed by atoms with Crippen LogP contribution in [-0.2, 0) is 9.53 Å². The second kappa shape index (κ2) is 5.90. The molecule has 0 saturated carbocycles. The maximum atomic E-state index is 11.4. The average molecular weight is 219 g/mol. The number of rotatable bonds is 6. The van der Waals surface area contributed by atoms with E-state index in [1.54, 1.807) is 25.6 Å². The molecule has 0 unspecified atom stereocenters. The lowest BCUT2D eigenvalue weighted by Gasteiger charge is -2.22. The van der Waals surface area contributed by atoms with Crippen LogP contribution >= 0.6 is 11.8 Å². The Hall–Kier alpha value is -0.710. The number of ketones is 1. The smallest absolute Gasteiger partial charge is 0.405 e. The number of carbonyl (C=O) groups excluding carboxylic acids is 2. The molecule has 0 rings (SSSR count). The molecule has 0 saturated heterocycles. The molecule has 0 atom stereocenters. The summed E-state index contributed by atoms with van der Waals surface area (Å²) in [6.45, 7) is 3.35. The summed E-state index contributed by atoms with van der Waals surface area (Å²) in [4.78, 5) is 21.8. The van der Waals surface area contributed by atoms with Crippen LogP contribution in [0.5, 0.6) is 0 Å². The zero-order valence-corrected chi connectivity index (χ0v) is 9.65. The van der Waals surface area contributed by atoms with Gasteiger partial charge in [-0.1, -0.05) is 0 Å². The van der Waals surface area contributed by atoms with Gasteiger partial charge in [0, 0.05) is 12.8 Å². The molecule has 14 heavy (non-hydrogen) atoms. The second-order valence-electron chi connectivity index (χ2n) is 3.64. The number of hydrogen-bond acceptors (Lipinski definition) is 4. The van der Waals surface area contributed by atoms with Crippen LogP contribution in [0.3, 0.4) is 0 Å². The van der Waals surface area contributed by atoms with Gasteiger partial charge in [0.25, 0.3) is 0 Å². The predicted octanol–water partition coefficient (Wildman–Crippen LogP) is 1.57. The highest BCUT2D eigenvalue weighted by Crippen LogP contribution is 2.16. The standard InChI is InChI=1S/C9H17NO3S/c1-9(2,13-8(10)12)6-7(11)4-5-14-3/h4-6H2,1-3H3,(H2,10,12). The molecule has 82 valence electrons. The fourth-order valence-electron chi connectivity index (χ4n) is 1.09. The quantitative estimate of drug-likeness (QED) is 0.736. The Balaban J connectivity index is 3.95. The van der Waals surface area contributed by atoms with Crippen LogP contribution in [0.15, 0.2) is 0 Å². The molecule has 0 spiro atoms. The molecule has 0 aromatic carbocycles. The summed E-state index contributed by atoms with van der Waals surface area (Å²) in [5, 5.41) is 0. The molecule has 0 heterocycles. The molecule has 1 amide bonds. The molecule has 5 heteroatoms. The topological polar surface area (TPSA) is 69.4 Å². The molecule has 0 bridgehead atoms. The van der Waals surface area contributed by atoms with Crippen LogP contribution in [-0.4, -0.2) is 29.5 Å². The summed E-state index contributed by atoms with van der Waals surface area (Å²) in [6, 6.07) is 0. The first kappa shape index (κ1) is 13.3. The Labute approximate surface area is 88.6 Å². The second-order valence-corrected chi connectivity index (χ2v) is 4.62. The van der Waals surface area contributed by atoms with E-state index in [0.717, 1.165) is 5.75 Å². The highest BCUT2D eigenvalue weighted by molar-refractivity contribution is 7.98. The van der Waals surface area contributed by atoms with Crippen LogP contribution in [0, 0.1) is 0 Å². The zero-order chi connectivity index (χ0) is 11.2. The van der Waals surface area contributed by atoms with Gasteiger partial charge >= 0.3 is 6.09 Å². The highest BCUT2D eigenvalue weighted by Gasteiger charge is 2.24. The number of amides is 1. The normalized spacial score (nSPS) is 11.1. The van der Waals surface area contributed by atoms with Gasteiger partial charge in [-0.3, -0.25) is 4.79 Å². The van der Waals surface area contributed by atoms with Gasteiger partial charge in [0.15, 0.2) is 0 Å². The fourth-order valence-corrected chi connectivity index (χ4v) is 1.52. The third-order valence-corrected chi connectivity index (χ3v) is 2.20. The van der Waals surface area contributed by atoms with E-state index >= 15 is 0 Å². The Bertz CT molecular complexity index is 216. The summed E-state index contributed by atoms with van der Waals surface area (Å²) < 4.78 is 4.80. The molecular formula is C9H17NO3S. The van der Waals surface area contributed by atoms with Crippen LogP contribution in [0.4, 0.5) is 4.79 Å². The number of ether oxygens (including phenoxy) is 1. The van der Waals surface area contributed by atoms with E-state index in [0.29, 0.717) is 6.42 Å². The first-order chi connectivity index (χ1) is 6.37. The van der Waals surface area contributed by atoms with E-state index in [1.807, 2.05) is 6.26 Å². The molecule has 0 aromatic heterocycles. The number of carbonyl (C=O) groups is 2. The number of hydrogen-bond donors (Lipinski definition) is 1. The van der Waals surface area contributed by atoms with Crippen LogP contribution in [0.1, 0.15) is 26.7 Å². The zero-order valence-electron chi connectivity index (χ0n) is 8.83. The van der Waals surface area contributed by atoms with Crippen molar-refractivity contribution >= 4 is 23.6 Å². The van der Waals surface area contributed by atoms with Gasteiger partial charge in [-0.25, -0.2) is 4.79 Å². The van der Waals surface area contributed by atoms with Crippen LogP contribution in [0.25, 0.3) is 0 Å². The summed E-state index contributed by atoms with van der Waals surface area (Å²) in [5.41, 5.74) is 4.09. The molecule has 0 radical (unpaired) electrons. The minimum Gasteiger partial charge on any atom is -0.443 e. The first-order valence-corrected chi connectivity index (χ1v) is 5.76. The van der Waals surface area contributed by atoms with Gasteiger partial charge in [-0.15, -0.1) is 0 Å². The molecule has 0 fully saturated rings. The van der Waals surface area contributed by atoms with Crippen LogP contribution in [0.2, 0.25) is 0 Å². The largest absolute Gasteiger partial charge is 0.443 e. The van der Waals surface area contributed by atoms with Crippen molar-refractivity contribution in [1.82, 2.24) is 0 Å². The van der Waals surface area contributed by atoms with E-state index < -0.39 is 11.7 Å². The van der Waals surface area contributed by atoms with Gasteiger partial charge in [-0.05, 0) is 25.9 Å². The van der Waals surface area contributed by atoms with Crippen molar-refractivity contribution in [2.45, 2.75) is 32.3 Å². The van der Waals surface area contributed by atoms with Crippen molar-refractivity contribution in [3.8, 4) is 0 Å². The number of nitrogens with two attached hydrogens (primary N) is 1. The highest BCUT2D eigenvalue weighted by atomic mass is 32.2. The lowest BCUT2D eigenvalue weighted by atomic mass is 10.0. The van der Waals surface area contributed by atoms with Gasteiger partial charge in [-0.2, -0.15) is 11.8 Å². The third-order valence-electron chi connectivity index (χ3n) is 1.58. The molecule has 0 aliphatic rings. The summed E-state index contributed by atoms with van der Waals surface area (Å²) >= 11 is 1.62. The minimum absolute atomic E-state index is 0.0885. The van der Waals surface area contributed by atoms with E-state index in [9.17, 15) is 9.59 Å². The lowest BCUT2D eigenvalue weighted by Crippen LogP contribution is -2.33. The Kier molecular flexibility index (Phi) is 5.60. The predicted molar refractivity (Wildman–Crippen MR) is 57.4 cm³/mol. The fraction of sp³-hybridized carbons (Fsp3) is 0.778. The number of thioether (sulfide) groups is 1. The molecule has 0 aliphatic carbocycles. The number of primary amides is 1. The SMILES string of the molecule is CSCCC(=O)CC(C)(C)OC(N)=O. The minimum atomic E-state index is -0.840. The van der Waals surface area contributed by atoms with E-state index in [-0.39, 0.29) is 12.2 Å². The van der Waals surface area contributed by atoms with Gasteiger partial charge in [0.1, 0.15) is 11.4 Å². The van der Waals surface area contributed by atoms with Crippen molar-refractivity contribution in [3.63, 3.8) is 0 Å². The number of Topliss-reactive ketones (excluding diaryl/α,β-unsaturated/α-hetero) is 1. The molecule has 0 aromatic rings. The molecular weight excluding hydrogens is 202 g/mol. The lowest BCUT2D eigenvalue weighted by molar-refractivity contribution is -0.122. The van der Waals surface area contributed by atoms with E-state index in [1.165, 1.54) is 0 Å². The van der Waals surface area contributed by atoms with Crippen molar-refractivity contribution in [2.75, 3.05) is 12.0 Å². The molecule has 2 N–H and O–H groups in total. The van der Waals surface area contributed by atoms with E-state index in [2.05, 4.69) is 0 Å². The Morgan fingerprint density at radius 3 is 2.43 bits per heavy atom. The maximum absolute atomic E-state index is 11.4. The van der Waals surface area contributed by atoms with Crippen molar-refractivity contribution in [1.29, 1.82) is 0 Å². The average Bonchev–Trinajstić information content (AvgIpc) is 1.96. The van der Waals surface area contributed by atoms with E-state index in [4.69, 9.17) is 10.5 Å². The van der Waals surface area contributed by atoms with Gasteiger partial charge in [0.2, 0.25) is 0 Å². The van der Waals surface area contributed by atoms with Crippen molar-refractivity contribution in [3.05, 3.63) is 0 Å². The molecule has 0 aliphatic heterocycles. The summed E-state index contributed by atoms with van der Waals surface area (Å²) in [7, 11) is 0. The molecule has 4 nitrogen and oxygen atoms in total. The van der Waals surface area contributed by atoms with Gasteiger partial charge in [0.05, 0.1) is 0 Å². The van der Waals surface area contributed by atoms with Crippen molar-refractivity contribution < 1.29 is 14.3 Å². The van der Waals surface area contributed by atoms with Gasteiger partial charge < -0.3 is 10.5 Å². The third kappa shape index (κ3) is 6.77.